The van der Waals surface area contributed by atoms with Crippen molar-refractivity contribution < 1.29 is 15.0 Å². The van der Waals surface area contributed by atoms with Crippen LogP contribution >= 0.6 is 0 Å². The molecule has 122 valence electrons. The average Bonchev–Trinajstić information content (AvgIpc) is 2.94. The Morgan fingerprint density at radius 2 is 2.09 bits per heavy atom. The van der Waals surface area contributed by atoms with Crippen LogP contribution in [-0.2, 0) is 0 Å². The minimum absolute atomic E-state index is 0.0208. The zero-order valence-corrected chi connectivity index (χ0v) is 13.4. The van der Waals surface area contributed by atoms with Crippen molar-refractivity contribution in [3.8, 4) is 5.75 Å². The van der Waals surface area contributed by atoms with Gasteiger partial charge in [0.25, 0.3) is 0 Å². The molecule has 0 unspecified atom stereocenters. The van der Waals surface area contributed by atoms with Gasteiger partial charge in [0.05, 0.1) is 0 Å². The molecule has 0 saturated carbocycles. The highest BCUT2D eigenvalue weighted by atomic mass is 16.4. The first-order chi connectivity index (χ1) is 11.0. The van der Waals surface area contributed by atoms with Gasteiger partial charge >= 0.3 is 5.97 Å². The summed E-state index contributed by atoms with van der Waals surface area (Å²) in [6.07, 6.45) is 6.41. The summed E-state index contributed by atoms with van der Waals surface area (Å²) in [6, 6.07) is 9.40. The van der Waals surface area contributed by atoms with Gasteiger partial charge in [-0.1, -0.05) is 18.2 Å². The zero-order valence-electron chi connectivity index (χ0n) is 13.4. The second kappa shape index (κ2) is 7.74. The van der Waals surface area contributed by atoms with E-state index in [9.17, 15) is 4.79 Å². The second-order valence-electron chi connectivity index (χ2n) is 5.70. The Balaban J connectivity index is 0.000000168. The molecule has 23 heavy (non-hydrogen) atoms. The number of aryl methyl sites for hydroxylation is 1. The maximum Gasteiger partial charge on any atom is 0.339 e. The first-order valence-electron chi connectivity index (χ1n) is 7.62. The molecule has 2 aromatic rings. The van der Waals surface area contributed by atoms with Gasteiger partial charge in [0.2, 0.25) is 0 Å². The minimum Gasteiger partial charge on any atom is -0.507 e. The third kappa shape index (κ3) is 4.29. The first kappa shape index (κ1) is 17.0. The lowest BCUT2D eigenvalue weighted by Crippen LogP contribution is -2.17. The number of pyridine rings is 1. The quantitative estimate of drug-likeness (QED) is 0.890. The first-order valence-corrected chi connectivity index (χ1v) is 7.62. The Bertz CT molecular complexity index is 638. The predicted octanol–water partition coefficient (Wildman–Crippen LogP) is 3.25. The van der Waals surface area contributed by atoms with E-state index in [1.165, 1.54) is 31.0 Å². The molecule has 2 heterocycles. The summed E-state index contributed by atoms with van der Waals surface area (Å²) in [4.78, 5) is 17.0. The van der Waals surface area contributed by atoms with E-state index in [2.05, 4.69) is 23.0 Å². The summed E-state index contributed by atoms with van der Waals surface area (Å²) >= 11 is 0. The maximum absolute atomic E-state index is 10.5. The smallest absolute Gasteiger partial charge is 0.339 e. The summed E-state index contributed by atoms with van der Waals surface area (Å²) in [7, 11) is 2.19. The van der Waals surface area contributed by atoms with Crippen LogP contribution < -0.4 is 0 Å². The largest absolute Gasteiger partial charge is 0.507 e. The highest BCUT2D eigenvalue weighted by Gasteiger charge is 2.21. The number of aromatic nitrogens is 1. The molecule has 1 atom stereocenters. The molecule has 0 bridgehead atoms. The van der Waals surface area contributed by atoms with Gasteiger partial charge in [-0.2, -0.15) is 0 Å². The molecule has 1 aromatic carbocycles. The number of nitrogens with zero attached hydrogens (tertiary/aromatic N) is 2. The van der Waals surface area contributed by atoms with E-state index in [4.69, 9.17) is 10.2 Å². The maximum atomic E-state index is 10.5. The molecule has 1 aliphatic heterocycles. The zero-order chi connectivity index (χ0) is 16.8. The predicted molar refractivity (Wildman–Crippen MR) is 88.6 cm³/mol. The fourth-order valence-corrected chi connectivity index (χ4v) is 2.83. The average molecular weight is 314 g/mol. The van der Waals surface area contributed by atoms with Crippen LogP contribution in [0.1, 0.15) is 40.4 Å². The summed E-state index contributed by atoms with van der Waals surface area (Å²) < 4.78 is 0. The molecule has 2 N–H and O–H groups in total. The molecule has 5 heteroatoms. The Morgan fingerprint density at radius 1 is 1.30 bits per heavy atom. The van der Waals surface area contributed by atoms with Gasteiger partial charge in [0, 0.05) is 18.4 Å². The number of likely N-dealkylation sites (tertiary alicyclic amines) is 1. The van der Waals surface area contributed by atoms with E-state index in [-0.39, 0.29) is 11.3 Å². The van der Waals surface area contributed by atoms with Crippen LogP contribution in [0.15, 0.2) is 42.7 Å². The molecular weight excluding hydrogens is 292 g/mol. The van der Waals surface area contributed by atoms with Gasteiger partial charge in [0.15, 0.2) is 0 Å². The van der Waals surface area contributed by atoms with E-state index >= 15 is 0 Å². The fourth-order valence-electron chi connectivity index (χ4n) is 2.83. The van der Waals surface area contributed by atoms with E-state index in [0.29, 0.717) is 11.6 Å². The SMILES string of the molecule is CN1CCC[C@H]1c1cccnc1.Cc1cccc(O)c1C(=O)O. The third-order valence-electron chi connectivity index (χ3n) is 4.05. The van der Waals surface area contributed by atoms with Crippen LogP contribution in [0.3, 0.4) is 0 Å². The molecule has 1 aromatic heterocycles. The monoisotopic (exact) mass is 314 g/mol. The second-order valence-corrected chi connectivity index (χ2v) is 5.70. The number of carbonyl (C=O) groups is 1. The van der Waals surface area contributed by atoms with Crippen LogP contribution in [0.25, 0.3) is 0 Å². The van der Waals surface area contributed by atoms with Gasteiger partial charge < -0.3 is 10.2 Å². The number of phenols is 1. The number of carboxylic acids is 1. The molecular formula is C18H22N2O3. The van der Waals surface area contributed by atoms with Crippen LogP contribution in [0, 0.1) is 6.92 Å². The summed E-state index contributed by atoms with van der Waals surface area (Å²) in [5.74, 6) is -1.28. The summed E-state index contributed by atoms with van der Waals surface area (Å²) in [5, 5.41) is 17.7. The molecule has 0 radical (unpaired) electrons. The van der Waals surface area contributed by atoms with Crippen LogP contribution in [-0.4, -0.2) is 39.7 Å². The molecule has 3 rings (SSSR count). The van der Waals surface area contributed by atoms with Crippen molar-refractivity contribution in [2.24, 2.45) is 0 Å². The number of benzene rings is 1. The molecule has 1 fully saturated rings. The number of hydrogen-bond acceptors (Lipinski definition) is 4. The topological polar surface area (TPSA) is 73.7 Å². The van der Waals surface area contributed by atoms with Crippen LogP contribution in [0.2, 0.25) is 0 Å². The van der Waals surface area contributed by atoms with Gasteiger partial charge in [-0.05, 0) is 56.6 Å². The van der Waals surface area contributed by atoms with Gasteiger partial charge in [-0.25, -0.2) is 4.79 Å². The number of rotatable bonds is 2. The molecule has 0 amide bonds. The fraction of sp³-hybridized carbons (Fsp3) is 0.333. The molecule has 1 saturated heterocycles. The van der Waals surface area contributed by atoms with Crippen LogP contribution in [0.5, 0.6) is 5.75 Å². The highest BCUT2D eigenvalue weighted by molar-refractivity contribution is 5.92. The summed E-state index contributed by atoms with van der Waals surface area (Å²) in [6.45, 7) is 2.86. The van der Waals surface area contributed by atoms with E-state index in [1.807, 2.05) is 18.5 Å². The highest BCUT2D eigenvalue weighted by Crippen LogP contribution is 2.29. The Labute approximate surface area is 136 Å². The standard InChI is InChI=1S/C10H14N2.C8H8O3/c1-12-7-3-5-10(12)9-4-2-6-11-8-9;1-5-3-2-4-6(9)7(5)8(10)11/h2,4,6,8,10H,3,5,7H2,1H3;2-4,9H,1H3,(H,10,11)/t10-;/m0./s1. The van der Waals surface area contributed by atoms with Crippen molar-refractivity contribution in [3.63, 3.8) is 0 Å². The Kier molecular flexibility index (Phi) is 5.71. The Morgan fingerprint density at radius 3 is 2.57 bits per heavy atom. The molecule has 0 aliphatic carbocycles. The number of aromatic hydroxyl groups is 1. The van der Waals surface area contributed by atoms with Crippen molar-refractivity contribution in [2.45, 2.75) is 25.8 Å². The van der Waals surface area contributed by atoms with E-state index in [0.717, 1.165) is 0 Å². The molecule has 5 nitrogen and oxygen atoms in total. The lowest BCUT2D eigenvalue weighted by molar-refractivity contribution is 0.0693. The number of hydrogen-bond donors (Lipinski definition) is 2. The van der Waals surface area contributed by atoms with Gasteiger partial charge in [-0.3, -0.25) is 9.88 Å². The van der Waals surface area contributed by atoms with Crippen molar-refractivity contribution in [2.75, 3.05) is 13.6 Å². The van der Waals surface area contributed by atoms with E-state index < -0.39 is 5.97 Å². The van der Waals surface area contributed by atoms with Crippen molar-refractivity contribution in [1.29, 1.82) is 0 Å². The molecule has 1 aliphatic rings. The van der Waals surface area contributed by atoms with Gasteiger partial charge in [-0.15, -0.1) is 0 Å². The lowest BCUT2D eigenvalue weighted by Gasteiger charge is -2.18. The minimum atomic E-state index is -1.10. The number of carboxylic acid groups (broad SMARTS) is 1. The van der Waals surface area contributed by atoms with Gasteiger partial charge in [0.1, 0.15) is 11.3 Å². The van der Waals surface area contributed by atoms with Crippen molar-refractivity contribution in [1.82, 2.24) is 9.88 Å². The lowest BCUT2D eigenvalue weighted by atomic mass is 10.1. The molecule has 0 spiro atoms. The normalized spacial score (nSPS) is 17.4. The van der Waals surface area contributed by atoms with Crippen molar-refractivity contribution >= 4 is 5.97 Å². The summed E-state index contributed by atoms with van der Waals surface area (Å²) in [5.41, 5.74) is 1.91. The van der Waals surface area contributed by atoms with E-state index in [1.54, 1.807) is 19.1 Å². The number of aromatic carboxylic acids is 1. The van der Waals surface area contributed by atoms with Crippen LogP contribution in [0.4, 0.5) is 0 Å². The Hall–Kier alpha value is -2.40. The third-order valence-corrected chi connectivity index (χ3v) is 4.05. The van der Waals surface area contributed by atoms with Crippen molar-refractivity contribution in [3.05, 3.63) is 59.4 Å².